The van der Waals surface area contributed by atoms with Gasteiger partial charge in [-0.1, -0.05) is 298 Å². The van der Waals surface area contributed by atoms with E-state index in [9.17, 15) is 0 Å². The van der Waals surface area contributed by atoms with E-state index >= 15 is 0 Å². The maximum absolute atomic E-state index is 5.88. The average molecular weight is 1130 g/mol. The number of aliphatic imine (C=N–C) groups is 2. The predicted molar refractivity (Wildman–Crippen MR) is 368 cm³/mol. The first-order chi connectivity index (χ1) is 42.0. The Morgan fingerprint density at radius 1 is 0.256 bits per heavy atom. The Labute approximate surface area is 514 Å². The summed E-state index contributed by atoms with van der Waals surface area (Å²) < 4.78 is 0. The second-order valence-electron chi connectivity index (χ2n) is 24.9. The molecule has 0 aromatic heterocycles. The number of anilines is 2. The smallest absolute Gasteiger partial charge is 0.0715 e. The summed E-state index contributed by atoms with van der Waals surface area (Å²) in [4.78, 5) is 17.0. The molecule has 0 amide bonds. The van der Waals surface area contributed by atoms with Gasteiger partial charge in [-0.05, 0) is 115 Å². The molecule has 0 saturated heterocycles. The minimum absolute atomic E-state index is 0.146. The molecule has 86 heavy (non-hydrogen) atoms. The van der Waals surface area contributed by atoms with Gasteiger partial charge < -0.3 is 9.80 Å². The van der Waals surface area contributed by atoms with Crippen LogP contribution in [-0.4, -0.2) is 38.6 Å². The van der Waals surface area contributed by atoms with Crippen LogP contribution in [0.2, 0.25) is 0 Å². The van der Waals surface area contributed by atoms with Crippen LogP contribution in [0.25, 0.3) is 0 Å². The van der Waals surface area contributed by atoms with Gasteiger partial charge in [0.2, 0.25) is 0 Å². The third kappa shape index (κ3) is 15.0. The topological polar surface area (TPSA) is 31.2 Å². The van der Waals surface area contributed by atoms with Crippen LogP contribution in [-0.2, 0) is 0 Å². The highest BCUT2D eigenvalue weighted by atomic mass is 15.1. The molecular formula is C82H86N4. The first kappa shape index (κ1) is 60.3. The van der Waals surface area contributed by atoms with E-state index in [4.69, 9.17) is 9.98 Å². The van der Waals surface area contributed by atoms with Crippen molar-refractivity contribution in [3.8, 4) is 0 Å². The van der Waals surface area contributed by atoms with Crippen molar-refractivity contribution in [3.05, 3.63) is 334 Å². The molecule has 0 heterocycles. The molecule has 0 bridgehead atoms. The lowest BCUT2D eigenvalue weighted by Crippen LogP contribution is -2.31. The molecule has 0 aliphatic rings. The van der Waals surface area contributed by atoms with Crippen molar-refractivity contribution in [1.82, 2.24) is 0 Å². The molecule has 10 rings (SSSR count). The van der Waals surface area contributed by atoms with E-state index in [1.165, 1.54) is 55.9 Å². The number of benzene rings is 10. The summed E-state index contributed by atoms with van der Waals surface area (Å²) >= 11 is 0. The molecule has 0 radical (unpaired) electrons. The molecular weight excluding hydrogens is 1040 g/mol. The Hall–Kier alpha value is -8.86. The van der Waals surface area contributed by atoms with E-state index in [2.05, 4.69) is 332 Å². The van der Waals surface area contributed by atoms with Crippen molar-refractivity contribution in [2.24, 2.45) is 33.7 Å². The molecule has 4 heteroatoms. The molecule has 434 valence electrons. The van der Waals surface area contributed by atoms with Crippen molar-refractivity contribution in [3.63, 3.8) is 0 Å². The van der Waals surface area contributed by atoms with E-state index in [1.807, 2.05) is 12.4 Å². The summed E-state index contributed by atoms with van der Waals surface area (Å²) in [5.41, 5.74) is 18.6. The molecule has 0 aliphatic heterocycles. The normalized spacial score (nSPS) is 12.0. The Morgan fingerprint density at radius 3 is 0.570 bits per heavy atom. The van der Waals surface area contributed by atoms with Crippen LogP contribution in [0.3, 0.4) is 0 Å². The number of hydrogen-bond acceptors (Lipinski definition) is 4. The lowest BCUT2D eigenvalue weighted by Gasteiger charge is -2.33. The Bertz CT molecular complexity index is 3080. The van der Waals surface area contributed by atoms with Crippen LogP contribution in [0.15, 0.2) is 277 Å². The quantitative estimate of drug-likeness (QED) is 0.0422. The van der Waals surface area contributed by atoms with Gasteiger partial charge >= 0.3 is 0 Å². The maximum Gasteiger partial charge on any atom is 0.0715 e. The van der Waals surface area contributed by atoms with E-state index in [0.29, 0.717) is 23.7 Å². The molecule has 0 atom stereocenters. The van der Waals surface area contributed by atoms with E-state index < -0.39 is 0 Å². The van der Waals surface area contributed by atoms with Gasteiger partial charge in [0.05, 0.1) is 11.4 Å². The Balaban J connectivity index is 1.30. The van der Waals surface area contributed by atoms with Gasteiger partial charge in [0.1, 0.15) is 0 Å². The minimum atomic E-state index is -0.146. The van der Waals surface area contributed by atoms with Gasteiger partial charge in [0.15, 0.2) is 0 Å². The van der Waals surface area contributed by atoms with Gasteiger partial charge in [0, 0.05) is 73.7 Å². The first-order valence-electron chi connectivity index (χ1n) is 31.3. The van der Waals surface area contributed by atoms with Crippen LogP contribution in [0.4, 0.5) is 22.7 Å². The number of hydrogen-bond donors (Lipinski definition) is 0. The standard InChI is InChI=1S/C82H86N4/c1-59(2)55-85(56-60(3)4)71-51-73(77(63-33-17-9-18-34-63)64-35-19-10-20-36-64)81(74(52-71)78(65-37-21-11-22-38-65)66-39-23-12-24-40-66)83-49-50-84-82-75(79(67-41-25-13-26-42-67)68-43-27-14-28-44-68)53-72(86(57-61(5)6)58-62(7)8)54-76(82)80(69-45-29-15-30-46-69)70-47-31-16-32-48-70/h9-54,59-62,77-80H,55-58H2,1-8H3. The maximum atomic E-state index is 5.88. The van der Waals surface area contributed by atoms with Crippen molar-refractivity contribution < 1.29 is 0 Å². The van der Waals surface area contributed by atoms with E-state index in [1.54, 1.807) is 0 Å². The fourth-order valence-electron chi connectivity index (χ4n) is 12.8. The number of rotatable bonds is 25. The zero-order valence-electron chi connectivity index (χ0n) is 51.8. The number of nitrogens with zero attached hydrogens (tertiary/aromatic N) is 4. The van der Waals surface area contributed by atoms with Gasteiger partial charge in [-0.25, -0.2) is 0 Å². The van der Waals surface area contributed by atoms with E-state index in [0.717, 1.165) is 59.8 Å². The summed E-state index contributed by atoms with van der Waals surface area (Å²) in [5, 5.41) is 0. The van der Waals surface area contributed by atoms with Crippen molar-refractivity contribution in [2.75, 3.05) is 36.0 Å². The molecule has 0 spiro atoms. The fourth-order valence-corrected chi connectivity index (χ4v) is 12.8. The third-order valence-corrected chi connectivity index (χ3v) is 16.2. The molecule has 0 unspecified atom stereocenters. The Kier molecular flexibility index (Phi) is 20.5. The predicted octanol–water partition coefficient (Wildman–Crippen LogP) is 20.7. The van der Waals surface area contributed by atoms with E-state index in [-0.39, 0.29) is 23.7 Å². The second kappa shape index (κ2) is 29.3. The van der Waals surface area contributed by atoms with Gasteiger partial charge in [0.25, 0.3) is 0 Å². The van der Waals surface area contributed by atoms with Crippen LogP contribution < -0.4 is 9.80 Å². The van der Waals surface area contributed by atoms with Crippen LogP contribution in [0.5, 0.6) is 0 Å². The zero-order chi connectivity index (χ0) is 59.8. The molecule has 0 fully saturated rings. The molecule has 0 N–H and O–H groups in total. The van der Waals surface area contributed by atoms with Crippen LogP contribution >= 0.6 is 0 Å². The largest absolute Gasteiger partial charge is 0.371 e. The minimum Gasteiger partial charge on any atom is -0.371 e. The fraction of sp³-hybridized carbons (Fsp3) is 0.244. The highest BCUT2D eigenvalue weighted by molar-refractivity contribution is 6.18. The van der Waals surface area contributed by atoms with Crippen LogP contribution in [0.1, 0.15) is 146 Å². The summed E-state index contributed by atoms with van der Waals surface area (Å²) in [6.07, 6.45) is 3.99. The van der Waals surface area contributed by atoms with Crippen molar-refractivity contribution in [2.45, 2.75) is 79.1 Å². The first-order valence-corrected chi connectivity index (χ1v) is 31.3. The van der Waals surface area contributed by atoms with Gasteiger partial charge in [-0.15, -0.1) is 0 Å². The summed E-state index contributed by atoms with van der Waals surface area (Å²) in [7, 11) is 0. The monoisotopic (exact) mass is 1130 g/mol. The summed E-state index contributed by atoms with van der Waals surface area (Å²) in [6.45, 7) is 22.4. The van der Waals surface area contributed by atoms with Gasteiger partial charge in [-0.3, -0.25) is 9.98 Å². The highest BCUT2D eigenvalue weighted by Gasteiger charge is 2.31. The second-order valence-corrected chi connectivity index (χ2v) is 24.9. The third-order valence-electron chi connectivity index (χ3n) is 16.2. The van der Waals surface area contributed by atoms with Gasteiger partial charge in [-0.2, -0.15) is 0 Å². The summed E-state index contributed by atoms with van der Waals surface area (Å²) in [6, 6.07) is 98.2. The zero-order valence-corrected chi connectivity index (χ0v) is 51.8. The lowest BCUT2D eigenvalue weighted by molar-refractivity contribution is 0.552. The SMILES string of the molecule is CC(C)CN(CC(C)C)c1cc(C(c2ccccc2)c2ccccc2)c(N=CC=Nc2c(C(c3ccccc3)c3ccccc3)cc(N(CC(C)C)CC(C)C)cc2C(c2ccccc2)c2ccccc2)c(C(c2ccccc2)c2ccccc2)c1. The molecule has 0 aliphatic carbocycles. The molecule has 10 aromatic carbocycles. The molecule has 0 saturated carbocycles. The Morgan fingerprint density at radius 2 is 0.419 bits per heavy atom. The molecule has 10 aromatic rings. The van der Waals surface area contributed by atoms with Crippen molar-refractivity contribution >= 4 is 35.2 Å². The average Bonchev–Trinajstić information content (AvgIpc) is 0.961. The molecule has 4 nitrogen and oxygen atoms in total. The lowest BCUT2D eigenvalue weighted by atomic mass is 9.78. The highest BCUT2D eigenvalue weighted by Crippen LogP contribution is 2.49. The van der Waals surface area contributed by atoms with Crippen LogP contribution in [0, 0.1) is 23.7 Å². The summed E-state index contributed by atoms with van der Waals surface area (Å²) in [5.74, 6) is 1.18. The van der Waals surface area contributed by atoms with Crippen molar-refractivity contribution in [1.29, 1.82) is 0 Å².